The van der Waals surface area contributed by atoms with Crippen molar-refractivity contribution in [2.24, 2.45) is 11.0 Å². The van der Waals surface area contributed by atoms with Crippen LogP contribution in [0.5, 0.6) is 0 Å². The van der Waals surface area contributed by atoms with Gasteiger partial charge in [0.05, 0.1) is 6.04 Å². The molecule has 1 fully saturated rings. The first-order chi connectivity index (χ1) is 13.7. The Hall–Kier alpha value is -2.84. The van der Waals surface area contributed by atoms with Gasteiger partial charge in [0.15, 0.2) is 0 Å². The minimum Gasteiger partial charge on any atom is -0.408 e. The predicted octanol–water partition coefficient (Wildman–Crippen LogP) is 3.61. The van der Waals surface area contributed by atoms with Crippen molar-refractivity contribution < 1.29 is 18.0 Å². The number of carbonyl (C=O) groups excluding carboxylic acids is 1. The van der Waals surface area contributed by atoms with E-state index in [1.807, 2.05) is 18.7 Å². The van der Waals surface area contributed by atoms with Crippen molar-refractivity contribution in [3.8, 4) is 0 Å². The van der Waals surface area contributed by atoms with E-state index in [-0.39, 0.29) is 17.4 Å². The molecular weight excluding hydrogens is 380 g/mol. The number of rotatable bonds is 3. The molecule has 0 spiro atoms. The number of piperidine rings is 1. The number of hydrazone groups is 1. The molecule has 0 bridgehead atoms. The standard InChI is InChI=1S/C20H23F2N5O2/c1-12-24-25-19(29-12)26-7-5-13(11-20(26,2)3)18(28)27-17(4-6-23-27)14-8-15(21)10-16(22)9-14/h6,8-10,13,17H,4-5,7,11H2,1-3H3/t13-,17+/m1/s1. The van der Waals surface area contributed by atoms with Gasteiger partial charge in [-0.25, -0.2) is 13.8 Å². The average molecular weight is 403 g/mol. The molecule has 0 aliphatic carbocycles. The Morgan fingerprint density at radius 1 is 1.21 bits per heavy atom. The van der Waals surface area contributed by atoms with Crippen LogP contribution in [0.25, 0.3) is 0 Å². The highest BCUT2D eigenvalue weighted by Gasteiger charge is 2.43. The van der Waals surface area contributed by atoms with E-state index < -0.39 is 17.7 Å². The third-order valence-corrected chi connectivity index (χ3v) is 5.60. The van der Waals surface area contributed by atoms with E-state index in [1.54, 1.807) is 13.1 Å². The van der Waals surface area contributed by atoms with E-state index in [0.717, 1.165) is 6.07 Å². The molecule has 0 unspecified atom stereocenters. The summed E-state index contributed by atoms with van der Waals surface area (Å²) in [5.41, 5.74) is 0.0351. The lowest BCUT2D eigenvalue weighted by atomic mass is 9.82. The third-order valence-electron chi connectivity index (χ3n) is 5.60. The summed E-state index contributed by atoms with van der Waals surface area (Å²) in [4.78, 5) is 15.3. The van der Waals surface area contributed by atoms with E-state index in [2.05, 4.69) is 15.3 Å². The van der Waals surface area contributed by atoms with Crippen LogP contribution in [0.15, 0.2) is 27.7 Å². The van der Waals surface area contributed by atoms with Gasteiger partial charge in [0.1, 0.15) is 11.6 Å². The average Bonchev–Trinajstić information content (AvgIpc) is 3.28. The van der Waals surface area contributed by atoms with Crippen LogP contribution in [0, 0.1) is 24.5 Å². The van der Waals surface area contributed by atoms with E-state index in [0.29, 0.717) is 43.3 Å². The highest BCUT2D eigenvalue weighted by molar-refractivity contribution is 5.82. The quantitative estimate of drug-likeness (QED) is 0.783. The van der Waals surface area contributed by atoms with Crippen molar-refractivity contribution in [2.75, 3.05) is 11.4 Å². The molecule has 4 rings (SSSR count). The van der Waals surface area contributed by atoms with Crippen molar-refractivity contribution in [1.29, 1.82) is 0 Å². The fourth-order valence-electron chi connectivity index (χ4n) is 4.22. The van der Waals surface area contributed by atoms with Gasteiger partial charge in [-0.2, -0.15) is 5.10 Å². The van der Waals surface area contributed by atoms with Gasteiger partial charge < -0.3 is 9.32 Å². The van der Waals surface area contributed by atoms with Crippen molar-refractivity contribution >= 4 is 18.1 Å². The number of aromatic nitrogens is 2. The Kier molecular flexibility index (Phi) is 4.84. The van der Waals surface area contributed by atoms with Crippen LogP contribution in [0.1, 0.15) is 50.6 Å². The smallest absolute Gasteiger partial charge is 0.318 e. The van der Waals surface area contributed by atoms with Crippen LogP contribution in [0.4, 0.5) is 14.8 Å². The number of nitrogens with zero attached hydrogens (tertiary/aromatic N) is 5. The molecule has 29 heavy (non-hydrogen) atoms. The maximum absolute atomic E-state index is 13.7. The van der Waals surface area contributed by atoms with Crippen molar-refractivity contribution in [1.82, 2.24) is 15.2 Å². The Morgan fingerprint density at radius 2 is 1.93 bits per heavy atom. The van der Waals surface area contributed by atoms with Gasteiger partial charge >= 0.3 is 6.01 Å². The first-order valence-corrected chi connectivity index (χ1v) is 9.64. The molecule has 1 aromatic heterocycles. The van der Waals surface area contributed by atoms with Crippen LogP contribution >= 0.6 is 0 Å². The minimum atomic E-state index is -0.663. The minimum absolute atomic E-state index is 0.136. The Labute approximate surface area is 167 Å². The summed E-state index contributed by atoms with van der Waals surface area (Å²) in [6, 6.07) is 3.29. The molecule has 1 saturated heterocycles. The largest absolute Gasteiger partial charge is 0.408 e. The highest BCUT2D eigenvalue weighted by Crippen LogP contribution is 2.38. The lowest BCUT2D eigenvalue weighted by molar-refractivity contribution is -0.138. The molecule has 9 heteroatoms. The molecule has 2 atom stereocenters. The number of amides is 1. The Bertz CT molecular complexity index is 938. The van der Waals surface area contributed by atoms with Gasteiger partial charge in [0, 0.05) is 43.6 Å². The molecule has 0 radical (unpaired) electrons. The number of carbonyl (C=O) groups is 1. The number of hydrogen-bond donors (Lipinski definition) is 0. The second-order valence-corrected chi connectivity index (χ2v) is 8.19. The second-order valence-electron chi connectivity index (χ2n) is 8.19. The van der Waals surface area contributed by atoms with Gasteiger partial charge in [-0.1, -0.05) is 5.10 Å². The number of halogens is 2. The molecular formula is C20H23F2N5O2. The van der Waals surface area contributed by atoms with E-state index >= 15 is 0 Å². The zero-order valence-electron chi connectivity index (χ0n) is 16.6. The predicted molar refractivity (Wildman–Crippen MR) is 102 cm³/mol. The molecule has 2 aromatic rings. The summed E-state index contributed by atoms with van der Waals surface area (Å²) in [5.74, 6) is -1.23. The molecule has 2 aliphatic heterocycles. The van der Waals surface area contributed by atoms with Crippen LogP contribution in [-0.4, -0.2) is 39.4 Å². The van der Waals surface area contributed by atoms with Crippen molar-refractivity contribution in [2.45, 2.75) is 51.6 Å². The Morgan fingerprint density at radius 3 is 2.55 bits per heavy atom. The topological polar surface area (TPSA) is 74.8 Å². The number of anilines is 1. The van der Waals surface area contributed by atoms with Crippen molar-refractivity contribution in [3.05, 3.63) is 41.3 Å². The lowest BCUT2D eigenvalue weighted by Crippen LogP contribution is -2.53. The maximum Gasteiger partial charge on any atom is 0.318 e. The molecule has 3 heterocycles. The zero-order valence-corrected chi connectivity index (χ0v) is 16.6. The third kappa shape index (κ3) is 3.73. The van der Waals surface area contributed by atoms with Gasteiger partial charge in [-0.15, -0.1) is 5.10 Å². The van der Waals surface area contributed by atoms with Crippen LogP contribution in [-0.2, 0) is 4.79 Å². The SMILES string of the molecule is Cc1nnc(N2CC[C@@H](C(=O)N3N=CC[C@H]3c3cc(F)cc(F)c3)CC2(C)C)o1. The summed E-state index contributed by atoms with van der Waals surface area (Å²) >= 11 is 0. The maximum atomic E-state index is 13.7. The molecule has 0 N–H and O–H groups in total. The second kappa shape index (κ2) is 7.20. The van der Waals surface area contributed by atoms with Crippen LogP contribution in [0.2, 0.25) is 0 Å². The zero-order chi connectivity index (χ0) is 20.8. The molecule has 0 saturated carbocycles. The molecule has 1 aromatic carbocycles. The number of benzene rings is 1. The summed E-state index contributed by atoms with van der Waals surface area (Å²) in [6.07, 6.45) is 3.22. The molecule has 2 aliphatic rings. The summed E-state index contributed by atoms with van der Waals surface area (Å²) in [5, 5.41) is 13.6. The molecule has 154 valence electrons. The summed E-state index contributed by atoms with van der Waals surface area (Å²) in [6.45, 7) is 6.37. The Balaban J connectivity index is 1.51. The molecule has 7 nitrogen and oxygen atoms in total. The van der Waals surface area contributed by atoms with Crippen LogP contribution in [0.3, 0.4) is 0 Å². The van der Waals surface area contributed by atoms with Gasteiger partial charge in [0.2, 0.25) is 11.8 Å². The lowest BCUT2D eigenvalue weighted by Gasteiger charge is -2.44. The number of aryl methyl sites for hydroxylation is 1. The van der Waals surface area contributed by atoms with Gasteiger partial charge in [-0.05, 0) is 44.4 Å². The van der Waals surface area contributed by atoms with Crippen molar-refractivity contribution in [3.63, 3.8) is 0 Å². The van der Waals surface area contributed by atoms with Gasteiger partial charge in [0.25, 0.3) is 0 Å². The first kappa shape index (κ1) is 19.5. The normalized spacial score (nSPS) is 23.6. The van der Waals surface area contributed by atoms with E-state index in [4.69, 9.17) is 4.42 Å². The highest BCUT2D eigenvalue weighted by atomic mass is 19.1. The van der Waals surface area contributed by atoms with E-state index in [9.17, 15) is 13.6 Å². The van der Waals surface area contributed by atoms with Crippen LogP contribution < -0.4 is 4.90 Å². The first-order valence-electron chi connectivity index (χ1n) is 9.64. The van der Waals surface area contributed by atoms with E-state index in [1.165, 1.54) is 17.1 Å². The number of hydrogen-bond acceptors (Lipinski definition) is 6. The molecule has 1 amide bonds. The summed E-state index contributed by atoms with van der Waals surface area (Å²) in [7, 11) is 0. The fourth-order valence-corrected chi connectivity index (χ4v) is 4.22. The fraction of sp³-hybridized carbons (Fsp3) is 0.500. The van der Waals surface area contributed by atoms with Gasteiger partial charge in [-0.3, -0.25) is 4.79 Å². The summed E-state index contributed by atoms with van der Waals surface area (Å²) < 4.78 is 32.9. The monoisotopic (exact) mass is 403 g/mol.